The Hall–Kier alpha value is -1.33. The summed E-state index contributed by atoms with van der Waals surface area (Å²) in [6, 6.07) is 10.1. The van der Waals surface area contributed by atoms with Gasteiger partial charge in [0.05, 0.1) is 6.04 Å². The van der Waals surface area contributed by atoms with Crippen molar-refractivity contribution >= 4 is 33.5 Å². The molecule has 2 N–H and O–H groups in total. The molecule has 0 radical (unpaired) electrons. The summed E-state index contributed by atoms with van der Waals surface area (Å²) in [7, 11) is 0. The summed E-state index contributed by atoms with van der Waals surface area (Å²) in [5.74, 6) is 0. The van der Waals surface area contributed by atoms with Gasteiger partial charge in [0, 0.05) is 18.3 Å². The number of nitrogens with two attached hydrogens (primary N) is 1. The number of rotatable bonds is 3. The van der Waals surface area contributed by atoms with Crippen LogP contribution in [0.1, 0.15) is 24.8 Å². The largest absolute Gasteiger partial charge is 0.384 e. The van der Waals surface area contributed by atoms with Crippen LogP contribution in [0.2, 0.25) is 0 Å². The summed E-state index contributed by atoms with van der Waals surface area (Å²) in [6.07, 6.45) is 7.45. The van der Waals surface area contributed by atoms with E-state index in [1.165, 1.54) is 0 Å². The number of thioether (sulfide) groups is 1. The van der Waals surface area contributed by atoms with E-state index in [0.29, 0.717) is 6.54 Å². The van der Waals surface area contributed by atoms with Crippen LogP contribution in [-0.2, 0) is 6.54 Å². The summed E-state index contributed by atoms with van der Waals surface area (Å²) in [6.45, 7) is 0.588. The highest BCUT2D eigenvalue weighted by Gasteiger charge is 2.24. The Morgan fingerprint density at radius 2 is 2.15 bits per heavy atom. The van der Waals surface area contributed by atoms with Crippen molar-refractivity contribution in [1.29, 1.82) is 0 Å². The van der Waals surface area contributed by atoms with Gasteiger partial charge in [0.25, 0.3) is 5.24 Å². The summed E-state index contributed by atoms with van der Waals surface area (Å²) in [5.41, 5.74) is 6.60. The van der Waals surface area contributed by atoms with Crippen LogP contribution in [0.25, 0.3) is 0 Å². The maximum atomic E-state index is 12.3. The van der Waals surface area contributed by atoms with Gasteiger partial charge in [-0.25, -0.2) is 0 Å². The average molecular weight is 306 g/mol. The van der Waals surface area contributed by atoms with Gasteiger partial charge in [-0.15, -0.1) is 0 Å². The minimum Gasteiger partial charge on any atom is -0.384 e. The van der Waals surface area contributed by atoms with Gasteiger partial charge in [0.1, 0.15) is 4.32 Å². The molecular formula is C15H18N2OS2. The standard InChI is InChI=1S/C15H18N2OS2/c16-14(19)20-15(18)17(13-9-5-2-6-10-13)11-12-7-3-1-4-8-12/h1,3-5,7-9,13H,2,6,10-11H2,(H2,16,19). The lowest BCUT2D eigenvalue weighted by molar-refractivity contribution is 0.202. The van der Waals surface area contributed by atoms with E-state index in [2.05, 4.69) is 12.2 Å². The Morgan fingerprint density at radius 3 is 2.75 bits per heavy atom. The fourth-order valence-corrected chi connectivity index (χ4v) is 3.00. The van der Waals surface area contributed by atoms with Crippen LogP contribution < -0.4 is 5.73 Å². The predicted octanol–water partition coefficient (Wildman–Crippen LogP) is 3.69. The third kappa shape index (κ3) is 4.35. The maximum absolute atomic E-state index is 12.3. The van der Waals surface area contributed by atoms with Gasteiger partial charge in [-0.1, -0.05) is 54.7 Å². The van der Waals surface area contributed by atoms with Crippen LogP contribution in [0.15, 0.2) is 42.5 Å². The molecule has 20 heavy (non-hydrogen) atoms. The topological polar surface area (TPSA) is 46.3 Å². The van der Waals surface area contributed by atoms with E-state index in [1.54, 1.807) is 0 Å². The van der Waals surface area contributed by atoms with Crippen molar-refractivity contribution in [2.24, 2.45) is 5.73 Å². The van der Waals surface area contributed by atoms with Crippen molar-refractivity contribution in [3.63, 3.8) is 0 Å². The minimum absolute atomic E-state index is 0.0714. The first-order valence-electron chi connectivity index (χ1n) is 6.65. The van der Waals surface area contributed by atoms with Crippen molar-refractivity contribution in [2.45, 2.75) is 31.8 Å². The molecule has 0 heterocycles. The highest BCUT2D eigenvalue weighted by molar-refractivity contribution is 8.32. The molecule has 1 aliphatic carbocycles. The van der Waals surface area contributed by atoms with Crippen molar-refractivity contribution in [1.82, 2.24) is 4.90 Å². The third-order valence-electron chi connectivity index (χ3n) is 3.25. The normalized spacial score (nSPS) is 17.7. The Morgan fingerprint density at radius 1 is 1.40 bits per heavy atom. The van der Waals surface area contributed by atoms with E-state index in [9.17, 15) is 4.79 Å². The summed E-state index contributed by atoms with van der Waals surface area (Å²) < 4.78 is 0.174. The molecule has 106 valence electrons. The van der Waals surface area contributed by atoms with E-state index in [4.69, 9.17) is 18.0 Å². The lowest BCUT2D eigenvalue weighted by atomic mass is 10.0. The van der Waals surface area contributed by atoms with Gasteiger partial charge >= 0.3 is 0 Å². The van der Waals surface area contributed by atoms with Gasteiger partial charge < -0.3 is 10.6 Å². The number of carbonyl (C=O) groups excluding carboxylic acids is 1. The number of thiocarbonyl (C=S) groups is 1. The van der Waals surface area contributed by atoms with E-state index in [-0.39, 0.29) is 15.6 Å². The molecular weight excluding hydrogens is 288 g/mol. The Labute approximate surface area is 129 Å². The van der Waals surface area contributed by atoms with Crippen molar-refractivity contribution in [3.05, 3.63) is 48.0 Å². The fraction of sp³-hybridized carbons (Fsp3) is 0.333. The van der Waals surface area contributed by atoms with Crippen LogP contribution in [0.4, 0.5) is 4.79 Å². The Balaban J connectivity index is 2.14. The first kappa shape index (κ1) is 15.1. The maximum Gasteiger partial charge on any atom is 0.289 e. The molecule has 3 nitrogen and oxygen atoms in total. The zero-order valence-electron chi connectivity index (χ0n) is 11.2. The molecule has 1 unspecified atom stereocenters. The number of benzene rings is 1. The number of nitrogens with zero attached hydrogens (tertiary/aromatic N) is 1. The second kappa shape index (κ2) is 7.45. The predicted molar refractivity (Wildman–Crippen MR) is 88.5 cm³/mol. The van der Waals surface area contributed by atoms with Gasteiger partial charge in [0.15, 0.2) is 0 Å². The molecule has 1 amide bonds. The zero-order valence-corrected chi connectivity index (χ0v) is 12.8. The van der Waals surface area contributed by atoms with Crippen LogP contribution in [0.5, 0.6) is 0 Å². The molecule has 0 saturated carbocycles. The molecule has 1 aromatic carbocycles. The second-order valence-corrected chi connectivity index (χ2v) is 6.42. The SMILES string of the molecule is NC(=S)SC(=O)N(Cc1ccccc1)C1C=CCCC1. The average Bonchev–Trinajstić information content (AvgIpc) is 2.46. The molecule has 2 rings (SSSR count). The van der Waals surface area contributed by atoms with Crippen molar-refractivity contribution in [3.8, 4) is 0 Å². The monoisotopic (exact) mass is 306 g/mol. The molecule has 0 bridgehead atoms. The molecule has 1 aromatic rings. The zero-order chi connectivity index (χ0) is 14.4. The van der Waals surface area contributed by atoms with Gasteiger partial charge in [-0.2, -0.15) is 0 Å². The highest BCUT2D eigenvalue weighted by Crippen LogP contribution is 2.23. The number of carbonyl (C=O) groups is 1. The van der Waals surface area contributed by atoms with Crippen molar-refractivity contribution < 1.29 is 4.79 Å². The number of amides is 1. The Bertz CT molecular complexity index is 502. The Kier molecular flexibility index (Phi) is 5.61. The second-order valence-electron chi connectivity index (χ2n) is 4.73. The van der Waals surface area contributed by atoms with Crippen LogP contribution >= 0.6 is 24.0 Å². The molecule has 1 aliphatic rings. The van der Waals surface area contributed by atoms with E-state index in [1.807, 2.05) is 35.2 Å². The summed E-state index contributed by atoms with van der Waals surface area (Å²) in [4.78, 5) is 14.2. The van der Waals surface area contributed by atoms with E-state index in [0.717, 1.165) is 36.6 Å². The van der Waals surface area contributed by atoms with Crippen LogP contribution in [-0.4, -0.2) is 20.5 Å². The van der Waals surface area contributed by atoms with Gasteiger partial charge in [-0.3, -0.25) is 4.79 Å². The van der Waals surface area contributed by atoms with Crippen molar-refractivity contribution in [2.75, 3.05) is 0 Å². The lowest BCUT2D eigenvalue weighted by Crippen LogP contribution is -2.38. The number of hydrogen-bond donors (Lipinski definition) is 1. The quantitative estimate of drug-likeness (QED) is 0.683. The number of allylic oxidation sites excluding steroid dienone is 1. The smallest absolute Gasteiger partial charge is 0.289 e. The molecule has 5 heteroatoms. The molecule has 0 spiro atoms. The van der Waals surface area contributed by atoms with Crippen LogP contribution in [0.3, 0.4) is 0 Å². The van der Waals surface area contributed by atoms with E-state index < -0.39 is 0 Å². The van der Waals surface area contributed by atoms with Gasteiger partial charge in [0.2, 0.25) is 0 Å². The minimum atomic E-state index is -0.0714. The molecule has 0 fully saturated rings. The number of hydrogen-bond acceptors (Lipinski definition) is 3. The van der Waals surface area contributed by atoms with Gasteiger partial charge in [-0.05, 0) is 24.8 Å². The molecule has 0 aromatic heterocycles. The highest BCUT2D eigenvalue weighted by atomic mass is 32.2. The van der Waals surface area contributed by atoms with E-state index >= 15 is 0 Å². The third-order valence-corrected chi connectivity index (χ3v) is 4.11. The molecule has 0 aliphatic heterocycles. The first-order chi connectivity index (χ1) is 9.66. The van der Waals surface area contributed by atoms with Crippen LogP contribution in [0, 0.1) is 0 Å². The molecule has 0 saturated heterocycles. The lowest BCUT2D eigenvalue weighted by Gasteiger charge is -2.31. The summed E-state index contributed by atoms with van der Waals surface area (Å²) >= 11 is 5.77. The molecule has 1 atom stereocenters. The fourth-order valence-electron chi connectivity index (χ4n) is 2.30. The first-order valence-corrected chi connectivity index (χ1v) is 7.88. The summed E-state index contributed by atoms with van der Waals surface area (Å²) in [5, 5.41) is -0.0714.